The minimum Gasteiger partial charge on any atom is -0.497 e. The predicted octanol–water partition coefficient (Wildman–Crippen LogP) is 5.04. The molecule has 0 saturated carbocycles. The number of rotatable bonds is 12. The van der Waals surface area contributed by atoms with E-state index in [2.05, 4.69) is 19.2 Å². The second-order valence-electron chi connectivity index (χ2n) is 7.90. The molecule has 180 valence electrons. The van der Waals surface area contributed by atoms with Gasteiger partial charge < -0.3 is 14.8 Å². The van der Waals surface area contributed by atoms with Crippen molar-refractivity contribution < 1.29 is 27.2 Å². The van der Waals surface area contributed by atoms with Crippen LogP contribution in [0.25, 0.3) is 0 Å². The Morgan fingerprint density at radius 1 is 1.09 bits per heavy atom. The topological polar surface area (TPSA) is 102 Å². The van der Waals surface area contributed by atoms with Crippen LogP contribution in [0.2, 0.25) is 0 Å². The van der Waals surface area contributed by atoms with Crippen LogP contribution in [0.15, 0.2) is 66.1 Å². The maximum atomic E-state index is 12.5. The zero-order valence-electron chi connectivity index (χ0n) is 19.0. The summed E-state index contributed by atoms with van der Waals surface area (Å²) >= 11 is 1.59. The van der Waals surface area contributed by atoms with Crippen molar-refractivity contribution >= 4 is 28.0 Å². The third kappa shape index (κ3) is 10.8. The first-order valence-corrected chi connectivity index (χ1v) is 13.1. The van der Waals surface area contributed by atoms with Crippen molar-refractivity contribution in [1.29, 1.82) is 0 Å². The van der Waals surface area contributed by atoms with Crippen molar-refractivity contribution in [3.63, 3.8) is 0 Å². The molecule has 33 heavy (non-hydrogen) atoms. The van der Waals surface area contributed by atoms with E-state index >= 15 is 0 Å². The van der Waals surface area contributed by atoms with E-state index in [1.165, 1.54) is 6.08 Å². The van der Waals surface area contributed by atoms with E-state index in [9.17, 15) is 17.8 Å². The van der Waals surface area contributed by atoms with Crippen LogP contribution in [0.1, 0.15) is 31.4 Å². The minimum absolute atomic E-state index is 0.0925. The van der Waals surface area contributed by atoms with Gasteiger partial charge in [0.25, 0.3) is 10.1 Å². The zero-order chi connectivity index (χ0) is 24.3. The minimum atomic E-state index is -4.34. The van der Waals surface area contributed by atoms with Gasteiger partial charge in [-0.1, -0.05) is 56.3 Å². The molecule has 0 aliphatic carbocycles. The number of alkyl carbamates (subject to hydrolysis) is 1. The van der Waals surface area contributed by atoms with Crippen LogP contribution in [0.4, 0.5) is 4.79 Å². The van der Waals surface area contributed by atoms with Crippen LogP contribution < -0.4 is 10.1 Å². The number of thioether (sulfide) groups is 1. The Balaban J connectivity index is 2.13. The lowest BCUT2D eigenvalue weighted by molar-refractivity contribution is 0.137. The summed E-state index contributed by atoms with van der Waals surface area (Å²) < 4.78 is 42.3. The number of hydrogen-bond donors (Lipinski definition) is 2. The quantitative estimate of drug-likeness (QED) is 0.399. The lowest BCUT2D eigenvalue weighted by atomic mass is 10.0. The first-order chi connectivity index (χ1) is 15.7. The molecule has 1 amide bonds. The monoisotopic (exact) mass is 493 g/mol. The lowest BCUT2D eigenvalue weighted by Gasteiger charge is -2.26. The third-order valence-corrected chi connectivity index (χ3v) is 6.60. The van der Waals surface area contributed by atoms with Gasteiger partial charge in [0.1, 0.15) is 12.4 Å². The van der Waals surface area contributed by atoms with E-state index < -0.39 is 22.3 Å². The normalized spacial score (nSPS) is 13.6. The van der Waals surface area contributed by atoms with Crippen molar-refractivity contribution in [2.24, 2.45) is 5.92 Å². The number of carbonyl (C=O) groups excluding carboxylic acids is 1. The molecule has 0 heterocycles. The number of carbonyl (C=O) groups is 1. The molecular formula is C24H31NO6S2. The van der Waals surface area contributed by atoms with Crippen molar-refractivity contribution in [3.8, 4) is 5.75 Å². The van der Waals surface area contributed by atoms with Crippen LogP contribution in [0.5, 0.6) is 5.75 Å². The highest BCUT2D eigenvalue weighted by atomic mass is 32.2. The number of ether oxygens (including phenoxy) is 2. The average Bonchev–Trinajstić information content (AvgIpc) is 2.78. The van der Waals surface area contributed by atoms with Crippen molar-refractivity contribution in [2.75, 3.05) is 7.11 Å². The Bertz CT molecular complexity index is 991. The van der Waals surface area contributed by atoms with Gasteiger partial charge in [-0.15, -0.1) is 0 Å². The molecule has 2 aromatic rings. The first-order valence-electron chi connectivity index (χ1n) is 10.5. The van der Waals surface area contributed by atoms with Gasteiger partial charge in [0.15, 0.2) is 0 Å². The number of benzene rings is 2. The maximum Gasteiger partial charge on any atom is 0.407 e. The fourth-order valence-electron chi connectivity index (χ4n) is 3.06. The van der Waals surface area contributed by atoms with E-state index in [-0.39, 0.29) is 11.9 Å². The van der Waals surface area contributed by atoms with Crippen molar-refractivity contribution in [2.45, 2.75) is 43.9 Å². The molecular weight excluding hydrogens is 462 g/mol. The summed E-state index contributed by atoms with van der Waals surface area (Å²) in [5.41, 5.74) is 1.91. The second kappa shape index (κ2) is 13.3. The van der Waals surface area contributed by atoms with E-state index in [4.69, 9.17) is 9.47 Å². The van der Waals surface area contributed by atoms with Gasteiger partial charge in [-0.2, -0.15) is 20.2 Å². The number of amides is 1. The Kier molecular flexibility index (Phi) is 10.8. The summed E-state index contributed by atoms with van der Waals surface area (Å²) in [6.07, 6.45) is 1.34. The Labute approximate surface area is 200 Å². The average molecular weight is 494 g/mol. The Hall–Kier alpha value is -2.49. The molecule has 7 nitrogen and oxygen atoms in total. The van der Waals surface area contributed by atoms with Crippen LogP contribution in [-0.4, -0.2) is 37.5 Å². The standard InChI is InChI=1S/C24H31NO6S2/c1-18(2)15-23(32-17-20-9-11-21(30-3)12-10-20)22(13-14-33(27,28)29)25-24(26)31-16-19-7-5-4-6-8-19/h4-14,18,22-23H,15-17H2,1-3H3,(H,25,26)(H,27,28,29). The second-order valence-corrected chi connectivity index (χ2v) is 10.4. The van der Waals surface area contributed by atoms with Gasteiger partial charge in [-0.3, -0.25) is 4.55 Å². The molecule has 2 N–H and O–H groups in total. The highest BCUT2D eigenvalue weighted by Gasteiger charge is 2.24. The molecule has 0 fully saturated rings. The first kappa shape index (κ1) is 26.8. The molecule has 0 aliphatic rings. The molecule has 0 spiro atoms. The van der Waals surface area contributed by atoms with Crippen molar-refractivity contribution in [1.82, 2.24) is 5.32 Å². The summed E-state index contributed by atoms with van der Waals surface area (Å²) in [4.78, 5) is 12.5. The van der Waals surface area contributed by atoms with E-state index in [0.29, 0.717) is 23.5 Å². The van der Waals surface area contributed by atoms with E-state index in [0.717, 1.165) is 16.9 Å². The van der Waals surface area contributed by atoms with Crippen LogP contribution in [0.3, 0.4) is 0 Å². The summed E-state index contributed by atoms with van der Waals surface area (Å²) in [5, 5.41) is 3.30. The Morgan fingerprint density at radius 2 is 1.76 bits per heavy atom. The molecule has 0 bridgehead atoms. The van der Waals surface area contributed by atoms with Crippen molar-refractivity contribution in [3.05, 3.63) is 77.2 Å². The smallest absolute Gasteiger partial charge is 0.407 e. The summed E-state index contributed by atoms with van der Waals surface area (Å²) in [7, 11) is -2.73. The molecule has 2 aromatic carbocycles. The maximum absolute atomic E-state index is 12.5. The molecule has 2 rings (SSSR count). The summed E-state index contributed by atoms with van der Waals surface area (Å²) in [6, 6.07) is 16.3. The van der Waals surface area contributed by atoms with Crippen LogP contribution in [0, 0.1) is 5.92 Å². The van der Waals surface area contributed by atoms with E-state index in [1.807, 2.05) is 54.6 Å². The fourth-order valence-corrected chi connectivity index (χ4v) is 4.91. The van der Waals surface area contributed by atoms with Gasteiger partial charge in [0.05, 0.1) is 18.6 Å². The molecule has 2 atom stereocenters. The summed E-state index contributed by atoms with van der Waals surface area (Å²) in [6.45, 7) is 4.20. The molecule has 9 heteroatoms. The molecule has 0 radical (unpaired) electrons. The van der Waals surface area contributed by atoms with Gasteiger partial charge in [0.2, 0.25) is 0 Å². The largest absolute Gasteiger partial charge is 0.497 e. The van der Waals surface area contributed by atoms with Crippen LogP contribution >= 0.6 is 11.8 Å². The van der Waals surface area contributed by atoms with Gasteiger partial charge in [-0.05, 0) is 41.7 Å². The zero-order valence-corrected chi connectivity index (χ0v) is 20.6. The third-order valence-electron chi connectivity index (χ3n) is 4.68. The molecule has 0 aliphatic heterocycles. The Morgan fingerprint density at radius 3 is 2.33 bits per heavy atom. The summed E-state index contributed by atoms with van der Waals surface area (Å²) in [5.74, 6) is 1.71. The molecule has 2 unspecified atom stereocenters. The highest BCUT2D eigenvalue weighted by molar-refractivity contribution is 7.99. The SMILES string of the molecule is COc1ccc(CSC(CC(C)C)C(C=CS(=O)(=O)O)NC(=O)OCc2ccccc2)cc1. The predicted molar refractivity (Wildman–Crippen MR) is 132 cm³/mol. The lowest BCUT2D eigenvalue weighted by Crippen LogP contribution is -2.41. The van der Waals surface area contributed by atoms with Gasteiger partial charge in [0, 0.05) is 11.0 Å². The highest BCUT2D eigenvalue weighted by Crippen LogP contribution is 2.28. The number of hydrogen-bond acceptors (Lipinski definition) is 6. The molecule has 0 aromatic heterocycles. The van der Waals surface area contributed by atoms with E-state index in [1.54, 1.807) is 18.9 Å². The fraction of sp³-hybridized carbons (Fsp3) is 0.375. The van der Waals surface area contributed by atoms with Gasteiger partial charge in [-0.25, -0.2) is 4.79 Å². The number of methoxy groups -OCH3 is 1. The van der Waals surface area contributed by atoms with Gasteiger partial charge >= 0.3 is 6.09 Å². The number of nitrogens with one attached hydrogen (secondary N) is 1. The molecule has 0 saturated heterocycles. The van der Waals surface area contributed by atoms with Crippen LogP contribution in [-0.2, 0) is 27.2 Å².